The molecule has 1 aliphatic rings. The molecule has 8 heteroatoms. The van der Waals surface area contributed by atoms with Crippen molar-refractivity contribution >= 4 is 28.7 Å². The smallest absolute Gasteiger partial charge is 0.219 e. The van der Waals surface area contributed by atoms with Gasteiger partial charge in [0, 0.05) is 31.3 Å². The molecule has 5 rings (SSSR count). The van der Waals surface area contributed by atoms with Gasteiger partial charge in [-0.05, 0) is 49.4 Å². The number of nitrogens with one attached hydrogen (secondary N) is 1. The predicted octanol–water partition coefficient (Wildman–Crippen LogP) is 5.22. The summed E-state index contributed by atoms with van der Waals surface area (Å²) in [6.45, 7) is 2.38. The highest BCUT2D eigenvalue weighted by atomic mass is 32.2. The molecule has 0 bridgehead atoms. The number of nitrogens with zero attached hydrogens (tertiary/aromatic N) is 4. The Morgan fingerprint density at radius 1 is 1.22 bits per heavy atom. The zero-order chi connectivity index (χ0) is 22.1. The SMILES string of the molecule is CSc1ccc(Oc2cc3nc(-c4ccccn4)[nH]c3cc2C2CCCN2C(C)=O)cn1. The highest BCUT2D eigenvalue weighted by Crippen LogP contribution is 2.41. The average Bonchev–Trinajstić information content (AvgIpc) is 3.47. The highest BCUT2D eigenvalue weighted by Gasteiger charge is 2.31. The molecule has 1 aromatic carbocycles. The van der Waals surface area contributed by atoms with Crippen LogP contribution in [0.15, 0.2) is 59.9 Å². The van der Waals surface area contributed by atoms with E-state index in [1.54, 1.807) is 31.1 Å². The van der Waals surface area contributed by atoms with Gasteiger partial charge in [0.05, 0.1) is 28.3 Å². The molecule has 1 atom stereocenters. The lowest BCUT2D eigenvalue weighted by atomic mass is 10.0. The molecule has 0 radical (unpaired) electrons. The van der Waals surface area contributed by atoms with Gasteiger partial charge in [0.1, 0.15) is 17.2 Å². The van der Waals surface area contributed by atoms with Crippen LogP contribution in [0.5, 0.6) is 11.5 Å². The molecule has 4 heterocycles. The van der Waals surface area contributed by atoms with Crippen LogP contribution in [0.2, 0.25) is 0 Å². The minimum atomic E-state index is -0.0352. The highest BCUT2D eigenvalue weighted by molar-refractivity contribution is 7.98. The molecule has 7 nitrogen and oxygen atoms in total. The van der Waals surface area contributed by atoms with Crippen LogP contribution in [0.1, 0.15) is 31.4 Å². The Labute approximate surface area is 190 Å². The zero-order valence-electron chi connectivity index (χ0n) is 17.9. The zero-order valence-corrected chi connectivity index (χ0v) is 18.7. The van der Waals surface area contributed by atoms with Crippen LogP contribution in [0.3, 0.4) is 0 Å². The molecule has 162 valence electrons. The van der Waals surface area contributed by atoms with Crippen molar-refractivity contribution < 1.29 is 9.53 Å². The van der Waals surface area contributed by atoms with Crippen LogP contribution in [0.4, 0.5) is 0 Å². The number of aromatic nitrogens is 4. The minimum absolute atomic E-state index is 0.0352. The Kier molecular flexibility index (Phi) is 5.53. The summed E-state index contributed by atoms with van der Waals surface area (Å²) in [6.07, 6.45) is 7.32. The van der Waals surface area contributed by atoms with Gasteiger partial charge in [0.25, 0.3) is 0 Å². The average molecular weight is 446 g/mol. The summed E-state index contributed by atoms with van der Waals surface area (Å²) in [7, 11) is 0. The van der Waals surface area contributed by atoms with E-state index in [4.69, 9.17) is 9.72 Å². The lowest BCUT2D eigenvalue weighted by Crippen LogP contribution is -2.28. The summed E-state index contributed by atoms with van der Waals surface area (Å²) in [6, 6.07) is 13.5. The largest absolute Gasteiger partial charge is 0.455 e. The van der Waals surface area contributed by atoms with Gasteiger partial charge in [-0.15, -0.1) is 11.8 Å². The van der Waals surface area contributed by atoms with E-state index in [-0.39, 0.29) is 11.9 Å². The van der Waals surface area contributed by atoms with Gasteiger partial charge in [-0.1, -0.05) is 6.07 Å². The quantitative estimate of drug-likeness (QED) is 0.424. The fraction of sp³-hybridized carbons (Fsp3) is 0.250. The maximum absolute atomic E-state index is 12.3. The van der Waals surface area contributed by atoms with Crippen LogP contribution < -0.4 is 4.74 Å². The summed E-state index contributed by atoms with van der Waals surface area (Å²) in [5.41, 5.74) is 3.41. The van der Waals surface area contributed by atoms with E-state index in [2.05, 4.69) is 21.0 Å². The third-order valence-corrected chi connectivity index (χ3v) is 6.34. The number of ether oxygens (including phenoxy) is 1. The molecule has 1 unspecified atom stereocenters. The molecule has 1 saturated heterocycles. The standard InChI is InChI=1S/C24H23N5O2S/c1-15(30)29-11-5-7-21(29)17-12-19-20(28-24(27-19)18-6-3-4-10-25-18)13-22(17)31-16-8-9-23(32-2)26-14-16/h3-4,6,8-10,12-14,21H,5,7,11H2,1-2H3,(H,27,28). The number of thioether (sulfide) groups is 1. The molecule has 0 aliphatic carbocycles. The van der Waals surface area contributed by atoms with Crippen molar-refractivity contribution in [1.29, 1.82) is 0 Å². The molecular weight excluding hydrogens is 422 g/mol. The number of hydrogen-bond donors (Lipinski definition) is 1. The molecule has 32 heavy (non-hydrogen) atoms. The van der Waals surface area contributed by atoms with Crippen LogP contribution in [-0.2, 0) is 4.79 Å². The van der Waals surface area contributed by atoms with Crippen LogP contribution in [0.25, 0.3) is 22.6 Å². The Bertz CT molecular complexity index is 1260. The van der Waals surface area contributed by atoms with E-state index in [1.807, 2.05) is 47.6 Å². The van der Waals surface area contributed by atoms with E-state index in [1.165, 1.54) is 0 Å². The molecule has 0 spiro atoms. The second-order valence-corrected chi connectivity index (χ2v) is 8.54. The summed E-state index contributed by atoms with van der Waals surface area (Å²) in [5, 5.41) is 0.930. The second-order valence-electron chi connectivity index (χ2n) is 7.72. The first-order valence-electron chi connectivity index (χ1n) is 10.5. The van der Waals surface area contributed by atoms with Crippen molar-refractivity contribution in [2.45, 2.75) is 30.8 Å². The van der Waals surface area contributed by atoms with Gasteiger partial charge in [-0.25, -0.2) is 9.97 Å². The molecule has 1 amide bonds. The lowest BCUT2D eigenvalue weighted by Gasteiger charge is -2.25. The number of rotatable bonds is 5. The number of benzene rings is 1. The van der Waals surface area contributed by atoms with Gasteiger partial charge < -0.3 is 14.6 Å². The number of carbonyl (C=O) groups excluding carboxylic acids is 1. The van der Waals surface area contributed by atoms with Crippen LogP contribution in [-0.4, -0.2) is 43.5 Å². The number of H-pyrrole nitrogens is 1. The van der Waals surface area contributed by atoms with Crippen LogP contribution >= 0.6 is 11.8 Å². The fourth-order valence-electron chi connectivity index (χ4n) is 4.17. The van der Waals surface area contributed by atoms with Crippen molar-refractivity contribution in [1.82, 2.24) is 24.8 Å². The third-order valence-electron chi connectivity index (χ3n) is 5.68. The topological polar surface area (TPSA) is 84.0 Å². The van der Waals surface area contributed by atoms with Crippen molar-refractivity contribution in [3.8, 4) is 23.0 Å². The van der Waals surface area contributed by atoms with E-state index >= 15 is 0 Å². The van der Waals surface area contributed by atoms with E-state index in [9.17, 15) is 4.79 Å². The number of carbonyl (C=O) groups is 1. The van der Waals surface area contributed by atoms with E-state index in [0.29, 0.717) is 17.3 Å². The number of fused-ring (bicyclic) bond motifs is 1. The molecule has 1 N–H and O–H groups in total. The summed E-state index contributed by atoms with van der Waals surface area (Å²) < 4.78 is 6.29. The van der Waals surface area contributed by atoms with Gasteiger partial charge >= 0.3 is 0 Å². The van der Waals surface area contributed by atoms with Crippen molar-refractivity contribution in [2.75, 3.05) is 12.8 Å². The van der Waals surface area contributed by atoms with Crippen molar-refractivity contribution in [3.05, 3.63) is 60.4 Å². The minimum Gasteiger partial charge on any atom is -0.455 e. The Balaban J connectivity index is 1.60. The number of likely N-dealkylation sites (tertiary alicyclic amines) is 1. The van der Waals surface area contributed by atoms with Gasteiger partial charge in [-0.3, -0.25) is 9.78 Å². The molecule has 4 aromatic rings. The molecule has 1 fully saturated rings. The number of amides is 1. The maximum atomic E-state index is 12.3. The Morgan fingerprint density at radius 3 is 2.84 bits per heavy atom. The monoisotopic (exact) mass is 445 g/mol. The Hall–Kier alpha value is -3.39. The second kappa shape index (κ2) is 8.63. The maximum Gasteiger partial charge on any atom is 0.219 e. The first-order chi connectivity index (χ1) is 15.6. The number of pyridine rings is 2. The number of aromatic amines is 1. The first-order valence-corrected chi connectivity index (χ1v) is 11.7. The van der Waals surface area contributed by atoms with E-state index < -0.39 is 0 Å². The number of hydrogen-bond acceptors (Lipinski definition) is 6. The van der Waals surface area contributed by atoms with Crippen LogP contribution in [0, 0.1) is 0 Å². The lowest BCUT2D eigenvalue weighted by molar-refractivity contribution is -0.129. The molecular formula is C24H23N5O2S. The summed E-state index contributed by atoms with van der Waals surface area (Å²) >= 11 is 1.58. The normalized spacial score (nSPS) is 15.9. The van der Waals surface area contributed by atoms with Crippen molar-refractivity contribution in [3.63, 3.8) is 0 Å². The fourth-order valence-corrected chi connectivity index (χ4v) is 4.53. The molecule has 3 aromatic heterocycles. The predicted molar refractivity (Wildman–Crippen MR) is 125 cm³/mol. The van der Waals surface area contributed by atoms with Crippen molar-refractivity contribution in [2.24, 2.45) is 0 Å². The van der Waals surface area contributed by atoms with Gasteiger partial charge in [0.15, 0.2) is 5.82 Å². The van der Waals surface area contributed by atoms with Gasteiger partial charge in [-0.2, -0.15) is 0 Å². The Morgan fingerprint density at radius 2 is 2.12 bits per heavy atom. The first kappa shape index (κ1) is 20.5. The third kappa shape index (κ3) is 3.93. The van der Waals surface area contributed by atoms with E-state index in [0.717, 1.165) is 46.7 Å². The molecule has 1 aliphatic heterocycles. The number of imidazole rings is 1. The summed E-state index contributed by atoms with van der Waals surface area (Å²) in [4.78, 5) is 31.1. The molecule has 0 saturated carbocycles. The summed E-state index contributed by atoms with van der Waals surface area (Å²) in [5.74, 6) is 2.11. The van der Waals surface area contributed by atoms with Gasteiger partial charge in [0.2, 0.25) is 5.91 Å².